The lowest BCUT2D eigenvalue weighted by atomic mass is 9.99. The first kappa shape index (κ1) is 29.8. The molecule has 0 atom stereocenters. The summed E-state index contributed by atoms with van der Waals surface area (Å²) in [5, 5.41) is 0.400. The van der Waals surface area contributed by atoms with Crippen molar-refractivity contribution in [3.8, 4) is 33.8 Å². The van der Waals surface area contributed by atoms with Crippen LogP contribution in [0.4, 0.5) is 10.1 Å². The van der Waals surface area contributed by atoms with E-state index >= 15 is 4.39 Å². The number of methoxy groups -OCH3 is 1. The Labute approximate surface area is 250 Å². The molecule has 3 heterocycles. The highest BCUT2D eigenvalue weighted by atomic mass is 35.5. The van der Waals surface area contributed by atoms with Gasteiger partial charge in [0.1, 0.15) is 11.5 Å². The molecule has 4 aromatic rings. The SMILES string of the molecule is COCOc1c(-c2ccc(-n3ccn(C)c3=O)c(Cl)c2)cc(C)nc1-c1cc(F)cc(N2CCN(C(C)(C)C)CC2)c1. The van der Waals surface area contributed by atoms with Crippen LogP contribution in [0.5, 0.6) is 5.75 Å². The summed E-state index contributed by atoms with van der Waals surface area (Å²) in [6.07, 6.45) is 3.36. The molecular formula is C32H37ClFN5O3. The first-order valence-electron chi connectivity index (χ1n) is 13.9. The number of hydrogen-bond acceptors (Lipinski definition) is 6. The summed E-state index contributed by atoms with van der Waals surface area (Å²) in [7, 11) is 3.23. The fraction of sp³-hybridized carbons (Fsp3) is 0.375. The largest absolute Gasteiger partial charge is 0.465 e. The fourth-order valence-electron chi connectivity index (χ4n) is 5.38. The number of halogens is 2. The van der Waals surface area contributed by atoms with Crippen molar-refractivity contribution in [3.63, 3.8) is 0 Å². The monoisotopic (exact) mass is 593 g/mol. The molecule has 0 spiro atoms. The number of imidazole rings is 1. The molecule has 8 nitrogen and oxygen atoms in total. The Morgan fingerprint density at radius 3 is 2.36 bits per heavy atom. The minimum atomic E-state index is -0.344. The van der Waals surface area contributed by atoms with Crippen molar-refractivity contribution in [1.29, 1.82) is 0 Å². The second kappa shape index (κ2) is 11.9. The maximum absolute atomic E-state index is 15.2. The fourth-order valence-corrected chi connectivity index (χ4v) is 5.65. The Hall–Kier alpha value is -3.66. The minimum absolute atomic E-state index is 0.0209. The Morgan fingerprint density at radius 2 is 1.74 bits per heavy atom. The first-order chi connectivity index (χ1) is 20.0. The van der Waals surface area contributed by atoms with E-state index in [-0.39, 0.29) is 23.8 Å². The lowest BCUT2D eigenvalue weighted by Gasteiger charge is -2.43. The predicted molar refractivity (Wildman–Crippen MR) is 165 cm³/mol. The number of rotatable bonds is 7. The van der Waals surface area contributed by atoms with Crippen molar-refractivity contribution in [3.05, 3.63) is 81.9 Å². The van der Waals surface area contributed by atoms with Gasteiger partial charge in [-0.15, -0.1) is 0 Å². The van der Waals surface area contributed by atoms with E-state index in [0.717, 1.165) is 48.7 Å². The Balaban J connectivity index is 1.56. The van der Waals surface area contributed by atoms with Crippen LogP contribution in [-0.4, -0.2) is 64.6 Å². The molecule has 2 aromatic carbocycles. The molecule has 0 amide bonds. The van der Waals surface area contributed by atoms with Crippen LogP contribution in [0, 0.1) is 12.7 Å². The number of piperazine rings is 1. The molecule has 0 saturated carbocycles. The molecule has 1 saturated heterocycles. The number of nitrogens with zero attached hydrogens (tertiary/aromatic N) is 5. The van der Waals surface area contributed by atoms with Gasteiger partial charge in [-0.05, 0) is 69.7 Å². The van der Waals surface area contributed by atoms with E-state index in [1.807, 2.05) is 25.1 Å². The van der Waals surface area contributed by atoms with E-state index in [2.05, 4.69) is 30.6 Å². The predicted octanol–water partition coefficient (Wildman–Crippen LogP) is 5.91. The van der Waals surface area contributed by atoms with Crippen molar-refractivity contribution >= 4 is 17.3 Å². The van der Waals surface area contributed by atoms with Gasteiger partial charge in [0.15, 0.2) is 12.5 Å². The van der Waals surface area contributed by atoms with Crippen LogP contribution >= 0.6 is 11.6 Å². The van der Waals surface area contributed by atoms with Crippen molar-refractivity contribution in [2.24, 2.45) is 7.05 Å². The molecule has 1 aliphatic rings. The van der Waals surface area contributed by atoms with Gasteiger partial charge in [0.05, 0.1) is 10.7 Å². The van der Waals surface area contributed by atoms with Gasteiger partial charge in [0.2, 0.25) is 0 Å². The molecule has 0 radical (unpaired) electrons. The van der Waals surface area contributed by atoms with Gasteiger partial charge >= 0.3 is 5.69 Å². The normalized spacial score (nSPS) is 14.4. The summed E-state index contributed by atoms with van der Waals surface area (Å²) >= 11 is 6.71. The van der Waals surface area contributed by atoms with E-state index in [9.17, 15) is 4.79 Å². The second-order valence-corrected chi connectivity index (χ2v) is 12.0. The summed E-state index contributed by atoms with van der Waals surface area (Å²) in [6.45, 7) is 11.9. The molecule has 0 unspecified atom stereocenters. The lowest BCUT2D eigenvalue weighted by Crippen LogP contribution is -2.53. The number of hydrogen-bond donors (Lipinski definition) is 0. The zero-order valence-electron chi connectivity index (χ0n) is 24.9. The number of aromatic nitrogens is 3. The van der Waals surface area contributed by atoms with E-state index in [1.165, 1.54) is 15.2 Å². The summed E-state index contributed by atoms with van der Waals surface area (Å²) in [5.41, 5.74) is 4.61. The highest BCUT2D eigenvalue weighted by Gasteiger charge is 2.27. The molecule has 0 bridgehead atoms. The Kier molecular flexibility index (Phi) is 8.46. The molecule has 42 heavy (non-hydrogen) atoms. The zero-order valence-corrected chi connectivity index (χ0v) is 25.7. The zero-order chi connectivity index (χ0) is 30.2. The maximum Gasteiger partial charge on any atom is 0.332 e. The van der Waals surface area contributed by atoms with Crippen LogP contribution in [0.2, 0.25) is 5.02 Å². The van der Waals surface area contributed by atoms with Gasteiger partial charge in [-0.2, -0.15) is 0 Å². The first-order valence-corrected chi connectivity index (χ1v) is 14.3. The quantitative estimate of drug-likeness (QED) is 0.248. The Morgan fingerprint density at radius 1 is 1.00 bits per heavy atom. The molecule has 0 N–H and O–H groups in total. The smallest absolute Gasteiger partial charge is 0.332 e. The third-order valence-electron chi connectivity index (χ3n) is 7.64. The van der Waals surface area contributed by atoms with E-state index < -0.39 is 0 Å². The van der Waals surface area contributed by atoms with Crippen molar-refractivity contribution < 1.29 is 13.9 Å². The molecular weight excluding hydrogens is 557 g/mol. The molecule has 0 aliphatic carbocycles. The third-order valence-corrected chi connectivity index (χ3v) is 7.94. The maximum atomic E-state index is 15.2. The van der Waals surface area contributed by atoms with Crippen molar-refractivity contribution in [1.82, 2.24) is 19.0 Å². The number of benzene rings is 2. The molecule has 1 aliphatic heterocycles. The summed E-state index contributed by atoms with van der Waals surface area (Å²) in [6, 6.07) is 12.4. The van der Waals surface area contributed by atoms with Crippen LogP contribution in [0.15, 0.2) is 59.7 Å². The van der Waals surface area contributed by atoms with E-state index in [1.54, 1.807) is 44.8 Å². The summed E-state index contributed by atoms with van der Waals surface area (Å²) < 4.78 is 29.5. The topological polar surface area (TPSA) is 64.8 Å². The van der Waals surface area contributed by atoms with Gasteiger partial charge in [-0.1, -0.05) is 17.7 Å². The summed E-state index contributed by atoms with van der Waals surface area (Å²) in [5.74, 6) is 0.112. The molecule has 222 valence electrons. The average molecular weight is 594 g/mol. The van der Waals surface area contributed by atoms with Gasteiger partial charge in [-0.25, -0.2) is 14.2 Å². The average Bonchev–Trinajstić information content (AvgIpc) is 3.28. The van der Waals surface area contributed by atoms with Crippen LogP contribution in [0.3, 0.4) is 0 Å². The van der Waals surface area contributed by atoms with Crippen molar-refractivity contribution in [2.75, 3.05) is 45.0 Å². The lowest BCUT2D eigenvalue weighted by molar-refractivity contribution is 0.0517. The highest BCUT2D eigenvalue weighted by molar-refractivity contribution is 6.32. The van der Waals surface area contributed by atoms with Crippen LogP contribution in [0.25, 0.3) is 28.1 Å². The number of pyridine rings is 1. The molecule has 1 fully saturated rings. The number of anilines is 1. The van der Waals surface area contributed by atoms with Crippen LogP contribution < -0.4 is 15.3 Å². The summed E-state index contributed by atoms with van der Waals surface area (Å²) in [4.78, 5) is 22.0. The van der Waals surface area contributed by atoms with Gasteiger partial charge in [-0.3, -0.25) is 9.47 Å². The minimum Gasteiger partial charge on any atom is -0.465 e. The molecule has 2 aromatic heterocycles. The third kappa shape index (κ3) is 6.09. The number of ether oxygens (including phenoxy) is 2. The second-order valence-electron chi connectivity index (χ2n) is 11.6. The number of aryl methyl sites for hydroxylation is 2. The Bertz CT molecular complexity index is 1650. The molecule has 10 heteroatoms. The standard InChI is InChI=1S/C32H37ClFN5O3/c1-21-15-26(22-7-8-28(27(33)18-22)39-14-9-36(5)31(39)40)30(42-20-41-6)29(35-21)23-16-24(34)19-25(17-23)37-10-12-38(13-11-37)32(2,3)4/h7-9,14-19H,10-13,20H2,1-6H3. The van der Waals surface area contributed by atoms with Crippen LogP contribution in [-0.2, 0) is 11.8 Å². The van der Waals surface area contributed by atoms with Crippen molar-refractivity contribution in [2.45, 2.75) is 33.2 Å². The van der Waals surface area contributed by atoms with E-state index in [0.29, 0.717) is 27.7 Å². The van der Waals surface area contributed by atoms with Gasteiger partial charge in [0.25, 0.3) is 0 Å². The van der Waals surface area contributed by atoms with Crippen LogP contribution in [0.1, 0.15) is 26.5 Å². The van der Waals surface area contributed by atoms with Gasteiger partial charge in [0, 0.05) is 80.8 Å². The van der Waals surface area contributed by atoms with Gasteiger partial charge < -0.3 is 18.9 Å². The highest BCUT2D eigenvalue weighted by Crippen LogP contribution is 2.41. The van der Waals surface area contributed by atoms with E-state index in [4.69, 9.17) is 26.1 Å². The molecule has 5 rings (SSSR count).